The lowest BCUT2D eigenvalue weighted by molar-refractivity contribution is -0.117. The molecule has 0 spiro atoms. The van der Waals surface area contributed by atoms with Crippen LogP contribution in [0.1, 0.15) is 31.4 Å². The Morgan fingerprint density at radius 1 is 1.44 bits per heavy atom. The summed E-state index contributed by atoms with van der Waals surface area (Å²) in [5.74, 6) is 0.245. The number of nitrogens with zero attached hydrogens (tertiary/aromatic N) is 1. The molecule has 1 aromatic carbocycles. The highest BCUT2D eigenvalue weighted by atomic mass is 16.2. The van der Waals surface area contributed by atoms with E-state index >= 15 is 0 Å². The van der Waals surface area contributed by atoms with Crippen LogP contribution < -0.4 is 10.2 Å². The van der Waals surface area contributed by atoms with Crippen molar-refractivity contribution in [1.29, 1.82) is 0 Å². The van der Waals surface area contributed by atoms with Gasteiger partial charge >= 0.3 is 0 Å². The van der Waals surface area contributed by atoms with Gasteiger partial charge in [-0.2, -0.15) is 0 Å². The van der Waals surface area contributed by atoms with Gasteiger partial charge in [0, 0.05) is 24.7 Å². The zero-order valence-electron chi connectivity index (χ0n) is 9.86. The molecule has 0 aromatic heterocycles. The van der Waals surface area contributed by atoms with Gasteiger partial charge in [0.2, 0.25) is 5.91 Å². The molecule has 1 saturated heterocycles. The van der Waals surface area contributed by atoms with Crippen molar-refractivity contribution in [3.05, 3.63) is 29.8 Å². The summed E-state index contributed by atoms with van der Waals surface area (Å²) >= 11 is 0. The van der Waals surface area contributed by atoms with Gasteiger partial charge in [-0.1, -0.05) is 12.1 Å². The monoisotopic (exact) mass is 218 g/mol. The van der Waals surface area contributed by atoms with E-state index in [0.717, 1.165) is 18.7 Å². The third-order valence-corrected chi connectivity index (χ3v) is 3.19. The Labute approximate surface area is 96.5 Å². The minimum atomic E-state index is 0.245. The SMILES string of the molecule is CNC(C)c1cccc(N2CCCC2=O)c1. The first-order valence-corrected chi connectivity index (χ1v) is 5.80. The number of anilines is 1. The first-order chi connectivity index (χ1) is 7.72. The molecule has 1 aliphatic heterocycles. The molecule has 3 nitrogen and oxygen atoms in total. The molecule has 1 aliphatic rings. The summed E-state index contributed by atoms with van der Waals surface area (Å²) in [7, 11) is 1.94. The number of benzene rings is 1. The molecular formula is C13H18N2O. The number of nitrogens with one attached hydrogen (secondary N) is 1. The predicted octanol–water partition coefficient (Wildman–Crippen LogP) is 2.09. The second kappa shape index (κ2) is 4.66. The molecule has 0 bridgehead atoms. The fourth-order valence-corrected chi connectivity index (χ4v) is 2.05. The first-order valence-electron chi connectivity index (χ1n) is 5.80. The summed E-state index contributed by atoms with van der Waals surface area (Å²) in [6.07, 6.45) is 1.66. The maximum Gasteiger partial charge on any atom is 0.227 e. The van der Waals surface area contributed by atoms with E-state index in [1.807, 2.05) is 24.1 Å². The van der Waals surface area contributed by atoms with Gasteiger partial charge in [-0.25, -0.2) is 0 Å². The summed E-state index contributed by atoms with van der Waals surface area (Å²) in [4.78, 5) is 13.5. The Kier molecular flexibility index (Phi) is 3.25. The fraction of sp³-hybridized carbons (Fsp3) is 0.462. The quantitative estimate of drug-likeness (QED) is 0.842. The van der Waals surface area contributed by atoms with Gasteiger partial charge in [0.15, 0.2) is 0 Å². The highest BCUT2D eigenvalue weighted by Gasteiger charge is 2.21. The third-order valence-electron chi connectivity index (χ3n) is 3.19. The number of hydrogen-bond donors (Lipinski definition) is 1. The van der Waals surface area contributed by atoms with E-state index in [1.54, 1.807) is 0 Å². The second-order valence-electron chi connectivity index (χ2n) is 4.25. The van der Waals surface area contributed by atoms with Crippen molar-refractivity contribution in [3.8, 4) is 0 Å². The molecule has 0 aliphatic carbocycles. The Morgan fingerprint density at radius 2 is 2.25 bits per heavy atom. The number of carbonyl (C=O) groups is 1. The van der Waals surface area contributed by atoms with E-state index in [1.165, 1.54) is 5.56 Å². The summed E-state index contributed by atoms with van der Waals surface area (Å²) in [6, 6.07) is 8.53. The van der Waals surface area contributed by atoms with Crippen molar-refractivity contribution in [1.82, 2.24) is 5.32 Å². The molecule has 3 heteroatoms. The fourth-order valence-electron chi connectivity index (χ4n) is 2.05. The highest BCUT2D eigenvalue weighted by molar-refractivity contribution is 5.95. The normalized spacial score (nSPS) is 17.9. The highest BCUT2D eigenvalue weighted by Crippen LogP contribution is 2.24. The number of hydrogen-bond acceptors (Lipinski definition) is 2. The van der Waals surface area contributed by atoms with Crippen LogP contribution in [0.25, 0.3) is 0 Å². The molecule has 1 unspecified atom stereocenters. The Balaban J connectivity index is 2.25. The summed E-state index contributed by atoms with van der Waals surface area (Å²) in [5, 5.41) is 3.21. The van der Waals surface area contributed by atoms with E-state index in [-0.39, 0.29) is 5.91 Å². The van der Waals surface area contributed by atoms with Gasteiger partial charge in [0.1, 0.15) is 0 Å². The topological polar surface area (TPSA) is 32.3 Å². The van der Waals surface area contributed by atoms with Gasteiger partial charge in [0.05, 0.1) is 0 Å². The molecule has 1 N–H and O–H groups in total. The molecule has 1 atom stereocenters. The molecule has 1 aromatic rings. The zero-order valence-corrected chi connectivity index (χ0v) is 9.86. The van der Waals surface area contributed by atoms with E-state index in [4.69, 9.17) is 0 Å². The number of carbonyl (C=O) groups excluding carboxylic acids is 1. The van der Waals surface area contributed by atoms with Crippen LogP contribution in [0.4, 0.5) is 5.69 Å². The van der Waals surface area contributed by atoms with Crippen molar-refractivity contribution in [3.63, 3.8) is 0 Å². The Morgan fingerprint density at radius 3 is 2.88 bits per heavy atom. The van der Waals surface area contributed by atoms with Gasteiger partial charge < -0.3 is 10.2 Å². The van der Waals surface area contributed by atoms with Crippen LogP contribution in [0.5, 0.6) is 0 Å². The molecule has 16 heavy (non-hydrogen) atoms. The maximum absolute atomic E-state index is 11.6. The number of rotatable bonds is 3. The minimum absolute atomic E-state index is 0.245. The molecule has 1 amide bonds. The van der Waals surface area contributed by atoms with Crippen LogP contribution in [-0.4, -0.2) is 19.5 Å². The molecular weight excluding hydrogens is 200 g/mol. The van der Waals surface area contributed by atoms with Crippen LogP contribution in [0.3, 0.4) is 0 Å². The van der Waals surface area contributed by atoms with Gasteiger partial charge in [0.25, 0.3) is 0 Å². The smallest absolute Gasteiger partial charge is 0.227 e. The Bertz CT molecular complexity index is 389. The average molecular weight is 218 g/mol. The van der Waals surface area contributed by atoms with Crippen molar-refractivity contribution >= 4 is 11.6 Å². The van der Waals surface area contributed by atoms with E-state index in [0.29, 0.717) is 12.5 Å². The van der Waals surface area contributed by atoms with E-state index < -0.39 is 0 Å². The summed E-state index contributed by atoms with van der Waals surface area (Å²) in [5.41, 5.74) is 2.25. The van der Waals surface area contributed by atoms with E-state index in [9.17, 15) is 4.79 Å². The molecule has 86 valence electrons. The summed E-state index contributed by atoms with van der Waals surface area (Å²) < 4.78 is 0. The van der Waals surface area contributed by atoms with Crippen molar-refractivity contribution < 1.29 is 4.79 Å². The maximum atomic E-state index is 11.6. The molecule has 0 saturated carbocycles. The second-order valence-corrected chi connectivity index (χ2v) is 4.25. The Hall–Kier alpha value is -1.35. The van der Waals surface area contributed by atoms with Crippen LogP contribution in [0.15, 0.2) is 24.3 Å². The standard InChI is InChI=1S/C13H18N2O/c1-10(14-2)11-5-3-6-12(9-11)15-8-4-7-13(15)16/h3,5-6,9-10,14H,4,7-8H2,1-2H3. The molecule has 0 radical (unpaired) electrons. The molecule has 2 rings (SSSR count). The summed E-state index contributed by atoms with van der Waals surface area (Å²) in [6.45, 7) is 2.97. The van der Waals surface area contributed by atoms with Crippen LogP contribution >= 0.6 is 0 Å². The lowest BCUT2D eigenvalue weighted by atomic mass is 10.1. The van der Waals surface area contributed by atoms with Gasteiger partial charge in [-0.05, 0) is 38.1 Å². The van der Waals surface area contributed by atoms with Gasteiger partial charge in [-0.15, -0.1) is 0 Å². The molecule has 1 heterocycles. The number of amides is 1. The third kappa shape index (κ3) is 2.09. The lowest BCUT2D eigenvalue weighted by Crippen LogP contribution is -2.24. The largest absolute Gasteiger partial charge is 0.313 e. The van der Waals surface area contributed by atoms with Crippen molar-refractivity contribution in [2.24, 2.45) is 0 Å². The van der Waals surface area contributed by atoms with Crippen molar-refractivity contribution in [2.75, 3.05) is 18.5 Å². The van der Waals surface area contributed by atoms with Crippen LogP contribution in [0, 0.1) is 0 Å². The zero-order chi connectivity index (χ0) is 11.5. The average Bonchev–Trinajstić information content (AvgIpc) is 2.74. The van der Waals surface area contributed by atoms with E-state index in [2.05, 4.69) is 24.4 Å². The first kappa shape index (κ1) is 11.1. The van der Waals surface area contributed by atoms with Crippen LogP contribution in [0.2, 0.25) is 0 Å². The van der Waals surface area contributed by atoms with Gasteiger partial charge in [-0.3, -0.25) is 4.79 Å². The minimum Gasteiger partial charge on any atom is -0.313 e. The predicted molar refractivity (Wildman–Crippen MR) is 65.5 cm³/mol. The van der Waals surface area contributed by atoms with Crippen molar-refractivity contribution in [2.45, 2.75) is 25.8 Å². The molecule has 1 fully saturated rings. The van der Waals surface area contributed by atoms with Crippen LogP contribution in [-0.2, 0) is 4.79 Å². The lowest BCUT2D eigenvalue weighted by Gasteiger charge is -2.18.